The van der Waals surface area contributed by atoms with Crippen LogP contribution in [0.15, 0.2) is 48.5 Å². The van der Waals surface area contributed by atoms with Crippen LogP contribution in [0.2, 0.25) is 10.0 Å². The fraction of sp³-hybridized carbons (Fsp3) is 0.250. The highest BCUT2D eigenvalue weighted by Crippen LogP contribution is 2.26. The SMILES string of the molecule is O=C(N[C@H]1CC[C@H](C(=O)Nc2nc3cc(Cl)ccc3[nH]2)CC1)c1ccc2cc(Cl)ccc2n1. The van der Waals surface area contributed by atoms with Gasteiger partial charge in [-0.1, -0.05) is 29.3 Å². The normalized spacial score (nSPS) is 18.4. The summed E-state index contributed by atoms with van der Waals surface area (Å²) in [4.78, 5) is 37.3. The molecule has 1 aliphatic rings. The number of fused-ring (bicyclic) bond motifs is 2. The minimum atomic E-state index is -0.208. The van der Waals surface area contributed by atoms with E-state index in [-0.39, 0.29) is 23.8 Å². The Bertz CT molecular complexity index is 1360. The van der Waals surface area contributed by atoms with Gasteiger partial charge in [0.2, 0.25) is 11.9 Å². The van der Waals surface area contributed by atoms with Gasteiger partial charge in [-0.25, -0.2) is 9.97 Å². The number of halogens is 2. The second-order valence-electron chi connectivity index (χ2n) is 8.29. The van der Waals surface area contributed by atoms with Gasteiger partial charge in [-0.3, -0.25) is 14.9 Å². The van der Waals surface area contributed by atoms with E-state index in [1.54, 1.807) is 30.3 Å². The van der Waals surface area contributed by atoms with Crippen molar-refractivity contribution in [3.63, 3.8) is 0 Å². The smallest absolute Gasteiger partial charge is 0.270 e. The molecule has 9 heteroatoms. The van der Waals surface area contributed by atoms with Crippen molar-refractivity contribution in [2.75, 3.05) is 5.32 Å². The number of hydrogen-bond acceptors (Lipinski definition) is 4. The molecule has 33 heavy (non-hydrogen) atoms. The number of hydrogen-bond donors (Lipinski definition) is 3. The van der Waals surface area contributed by atoms with Crippen LogP contribution in [0.4, 0.5) is 5.95 Å². The lowest BCUT2D eigenvalue weighted by molar-refractivity contribution is -0.120. The van der Waals surface area contributed by atoms with E-state index >= 15 is 0 Å². The number of amides is 2. The fourth-order valence-electron chi connectivity index (χ4n) is 4.24. The molecule has 0 saturated heterocycles. The number of imidazole rings is 1. The van der Waals surface area contributed by atoms with Crippen molar-refractivity contribution in [3.05, 3.63) is 64.3 Å². The van der Waals surface area contributed by atoms with Gasteiger partial charge < -0.3 is 10.3 Å². The number of anilines is 1. The average molecular weight is 482 g/mol. The Morgan fingerprint density at radius 2 is 1.64 bits per heavy atom. The van der Waals surface area contributed by atoms with E-state index in [1.807, 2.05) is 18.2 Å². The number of nitrogens with one attached hydrogen (secondary N) is 3. The lowest BCUT2D eigenvalue weighted by atomic mass is 9.85. The highest BCUT2D eigenvalue weighted by molar-refractivity contribution is 6.31. The third-order valence-corrected chi connectivity index (χ3v) is 6.47. The second-order valence-corrected chi connectivity index (χ2v) is 9.16. The Labute approximate surface area is 199 Å². The Morgan fingerprint density at radius 3 is 2.45 bits per heavy atom. The summed E-state index contributed by atoms with van der Waals surface area (Å²) in [6.07, 6.45) is 2.82. The van der Waals surface area contributed by atoms with E-state index in [2.05, 4.69) is 25.6 Å². The van der Waals surface area contributed by atoms with Crippen molar-refractivity contribution in [2.24, 2.45) is 5.92 Å². The minimum absolute atomic E-state index is 0.0117. The Morgan fingerprint density at radius 1 is 0.879 bits per heavy atom. The Balaban J connectivity index is 1.16. The zero-order valence-electron chi connectivity index (χ0n) is 17.6. The van der Waals surface area contributed by atoms with Crippen LogP contribution >= 0.6 is 23.2 Å². The largest absolute Gasteiger partial charge is 0.348 e. The first-order valence-corrected chi connectivity index (χ1v) is 11.5. The van der Waals surface area contributed by atoms with E-state index in [4.69, 9.17) is 23.2 Å². The van der Waals surface area contributed by atoms with Crippen LogP contribution in [0.3, 0.4) is 0 Å². The lowest BCUT2D eigenvalue weighted by Gasteiger charge is -2.28. The Hall–Kier alpha value is -3.16. The van der Waals surface area contributed by atoms with Crippen LogP contribution in [-0.4, -0.2) is 32.8 Å². The summed E-state index contributed by atoms with van der Waals surface area (Å²) < 4.78 is 0. The highest BCUT2D eigenvalue weighted by Gasteiger charge is 2.28. The zero-order valence-corrected chi connectivity index (χ0v) is 19.1. The fourth-order valence-corrected chi connectivity index (χ4v) is 4.59. The van der Waals surface area contributed by atoms with Crippen molar-refractivity contribution in [2.45, 2.75) is 31.7 Å². The molecule has 2 amide bonds. The van der Waals surface area contributed by atoms with E-state index < -0.39 is 0 Å². The molecule has 0 unspecified atom stereocenters. The molecular formula is C24H21Cl2N5O2. The number of nitrogens with zero attached hydrogens (tertiary/aromatic N) is 2. The molecule has 0 atom stereocenters. The Kier molecular flexibility index (Phi) is 5.91. The van der Waals surface area contributed by atoms with Gasteiger partial charge in [0.25, 0.3) is 5.91 Å². The van der Waals surface area contributed by atoms with Gasteiger partial charge in [-0.05, 0) is 68.1 Å². The molecule has 4 aromatic rings. The highest BCUT2D eigenvalue weighted by atomic mass is 35.5. The third kappa shape index (κ3) is 4.79. The van der Waals surface area contributed by atoms with Crippen molar-refractivity contribution < 1.29 is 9.59 Å². The molecule has 2 aromatic carbocycles. The maximum Gasteiger partial charge on any atom is 0.270 e. The first-order valence-electron chi connectivity index (χ1n) is 10.8. The monoisotopic (exact) mass is 481 g/mol. The average Bonchev–Trinajstić information content (AvgIpc) is 3.20. The van der Waals surface area contributed by atoms with Gasteiger partial charge in [0, 0.05) is 27.4 Å². The van der Waals surface area contributed by atoms with Crippen LogP contribution in [0.25, 0.3) is 21.9 Å². The number of benzene rings is 2. The molecule has 168 valence electrons. The summed E-state index contributed by atoms with van der Waals surface area (Å²) in [7, 11) is 0. The zero-order chi connectivity index (χ0) is 22.9. The number of rotatable bonds is 4. The molecule has 0 spiro atoms. The van der Waals surface area contributed by atoms with Crippen molar-refractivity contribution in [3.8, 4) is 0 Å². The molecule has 7 nitrogen and oxygen atoms in total. The first-order chi connectivity index (χ1) is 15.9. The van der Waals surface area contributed by atoms with E-state index in [0.717, 1.165) is 29.3 Å². The van der Waals surface area contributed by atoms with Gasteiger partial charge in [-0.15, -0.1) is 0 Å². The molecule has 1 saturated carbocycles. The summed E-state index contributed by atoms with van der Waals surface area (Å²) in [5, 5.41) is 8.03. The number of aromatic amines is 1. The third-order valence-electron chi connectivity index (χ3n) is 6.00. The van der Waals surface area contributed by atoms with Crippen LogP contribution in [0, 0.1) is 5.92 Å². The van der Waals surface area contributed by atoms with Gasteiger partial charge >= 0.3 is 0 Å². The number of aromatic nitrogens is 3. The van der Waals surface area contributed by atoms with Gasteiger partial charge in [-0.2, -0.15) is 0 Å². The number of pyridine rings is 1. The number of H-pyrrole nitrogens is 1. The predicted molar refractivity (Wildman–Crippen MR) is 130 cm³/mol. The summed E-state index contributed by atoms with van der Waals surface area (Å²) in [5.74, 6) is 0.00956. The van der Waals surface area contributed by atoms with Gasteiger partial charge in [0.05, 0.1) is 16.6 Å². The maximum atomic E-state index is 12.7. The van der Waals surface area contributed by atoms with E-state index in [1.165, 1.54) is 0 Å². The topological polar surface area (TPSA) is 99.8 Å². The van der Waals surface area contributed by atoms with Crippen LogP contribution in [-0.2, 0) is 4.79 Å². The lowest BCUT2D eigenvalue weighted by Crippen LogP contribution is -2.39. The number of carbonyl (C=O) groups is 2. The molecular weight excluding hydrogens is 461 g/mol. The molecule has 2 aromatic heterocycles. The maximum absolute atomic E-state index is 12.7. The van der Waals surface area contributed by atoms with Crippen LogP contribution < -0.4 is 10.6 Å². The van der Waals surface area contributed by atoms with Crippen molar-refractivity contribution >= 4 is 62.9 Å². The van der Waals surface area contributed by atoms with E-state index in [0.29, 0.717) is 40.0 Å². The van der Waals surface area contributed by atoms with Crippen molar-refractivity contribution in [1.29, 1.82) is 0 Å². The summed E-state index contributed by atoms with van der Waals surface area (Å²) in [6.45, 7) is 0. The first kappa shape index (κ1) is 21.7. The summed E-state index contributed by atoms with van der Waals surface area (Å²) >= 11 is 12.0. The molecule has 0 aliphatic heterocycles. The van der Waals surface area contributed by atoms with Gasteiger partial charge in [0.1, 0.15) is 5.69 Å². The molecule has 0 bridgehead atoms. The van der Waals surface area contributed by atoms with Crippen LogP contribution in [0.1, 0.15) is 36.2 Å². The summed E-state index contributed by atoms with van der Waals surface area (Å²) in [6, 6.07) is 14.3. The quantitative estimate of drug-likeness (QED) is 0.365. The molecule has 2 heterocycles. The number of carbonyl (C=O) groups excluding carboxylic acids is 2. The minimum Gasteiger partial charge on any atom is -0.348 e. The van der Waals surface area contributed by atoms with Crippen LogP contribution in [0.5, 0.6) is 0 Å². The molecule has 3 N–H and O–H groups in total. The molecule has 0 radical (unpaired) electrons. The molecule has 1 fully saturated rings. The molecule has 5 rings (SSSR count). The molecule has 1 aliphatic carbocycles. The predicted octanol–water partition coefficient (Wildman–Crippen LogP) is 5.35. The second kappa shape index (κ2) is 9.00. The van der Waals surface area contributed by atoms with E-state index in [9.17, 15) is 9.59 Å². The summed E-state index contributed by atoms with van der Waals surface area (Å²) in [5.41, 5.74) is 2.61. The van der Waals surface area contributed by atoms with Crippen molar-refractivity contribution in [1.82, 2.24) is 20.3 Å². The standard InChI is InChI=1S/C24H21Cl2N5O2/c25-15-4-9-18-14(11-15)3-8-20(28-18)23(33)27-17-6-1-13(2-7-17)22(32)31-24-29-19-10-5-16(26)12-21(19)30-24/h3-5,8-13,17H,1-2,6-7H2,(H,27,33)(H2,29,30,31,32)/t13-,17-. The van der Waals surface area contributed by atoms with Gasteiger partial charge in [0.15, 0.2) is 0 Å².